The number of nitrogens with zero attached hydrogens (tertiary/aromatic N) is 2. The molecule has 0 aliphatic heterocycles. The van der Waals surface area contributed by atoms with Crippen LogP contribution in [0.1, 0.15) is 50.8 Å². The second kappa shape index (κ2) is 9.19. The molecule has 1 fully saturated rings. The van der Waals surface area contributed by atoms with Crippen LogP contribution in [0.2, 0.25) is 5.02 Å². The minimum absolute atomic E-state index is 0.162. The Morgan fingerprint density at radius 2 is 1.93 bits per heavy atom. The van der Waals surface area contributed by atoms with Gasteiger partial charge in [0, 0.05) is 23.4 Å². The topological polar surface area (TPSA) is 94.3 Å². The molecule has 0 unspecified atom stereocenters. The van der Waals surface area contributed by atoms with Gasteiger partial charge in [-0.2, -0.15) is 4.98 Å². The van der Waals surface area contributed by atoms with E-state index in [0.29, 0.717) is 42.4 Å². The highest BCUT2D eigenvalue weighted by atomic mass is 35.5. The monoisotopic (exact) mass is 405 g/mol. The fraction of sp³-hybridized carbons (Fsp3) is 0.500. The maximum Gasteiger partial charge on any atom is 0.331 e. The van der Waals surface area contributed by atoms with Crippen LogP contribution in [0.4, 0.5) is 0 Å². The van der Waals surface area contributed by atoms with Crippen molar-refractivity contribution < 1.29 is 18.8 Å². The number of nitrogens with one attached hydrogen (secondary N) is 1. The van der Waals surface area contributed by atoms with Crippen molar-refractivity contribution in [1.82, 2.24) is 15.5 Å². The summed E-state index contributed by atoms with van der Waals surface area (Å²) in [5, 5.41) is 7.51. The molecule has 1 aromatic carbocycles. The fourth-order valence-electron chi connectivity index (χ4n) is 3.53. The average Bonchev–Trinajstić information content (AvgIpc) is 3.17. The number of methoxy groups -OCH3 is 1. The van der Waals surface area contributed by atoms with Crippen molar-refractivity contribution in [3.8, 4) is 11.4 Å². The normalized spacial score (nSPS) is 15.8. The first kappa shape index (κ1) is 20.3. The van der Waals surface area contributed by atoms with Crippen LogP contribution < -0.4 is 5.32 Å². The van der Waals surface area contributed by atoms with E-state index in [-0.39, 0.29) is 18.3 Å². The maximum atomic E-state index is 12.4. The van der Waals surface area contributed by atoms with Gasteiger partial charge >= 0.3 is 5.97 Å². The minimum atomic E-state index is -0.879. The van der Waals surface area contributed by atoms with Crippen molar-refractivity contribution in [1.29, 1.82) is 0 Å². The summed E-state index contributed by atoms with van der Waals surface area (Å²) in [5.41, 5.74) is -0.0643. The van der Waals surface area contributed by atoms with E-state index in [2.05, 4.69) is 15.5 Å². The molecule has 3 rings (SSSR count). The number of halogens is 1. The molecule has 0 radical (unpaired) electrons. The number of hydrogen-bond donors (Lipinski definition) is 1. The first-order valence-corrected chi connectivity index (χ1v) is 9.88. The highest BCUT2D eigenvalue weighted by Gasteiger charge is 2.41. The molecule has 1 aliphatic rings. The number of esters is 1. The maximum absolute atomic E-state index is 12.4. The van der Waals surface area contributed by atoms with Gasteiger partial charge in [-0.1, -0.05) is 36.0 Å². The first-order chi connectivity index (χ1) is 13.5. The van der Waals surface area contributed by atoms with E-state index in [1.54, 1.807) is 12.1 Å². The van der Waals surface area contributed by atoms with E-state index in [4.69, 9.17) is 20.9 Å². The Hall–Kier alpha value is -2.41. The number of benzene rings is 1. The van der Waals surface area contributed by atoms with E-state index in [1.807, 2.05) is 12.1 Å². The van der Waals surface area contributed by atoms with Crippen LogP contribution in [0.3, 0.4) is 0 Å². The third kappa shape index (κ3) is 4.90. The van der Waals surface area contributed by atoms with Crippen molar-refractivity contribution >= 4 is 23.5 Å². The van der Waals surface area contributed by atoms with E-state index < -0.39 is 5.54 Å². The minimum Gasteiger partial charge on any atom is -0.467 e. The predicted octanol–water partition coefficient (Wildman–Crippen LogP) is 3.70. The van der Waals surface area contributed by atoms with E-state index in [9.17, 15) is 9.59 Å². The zero-order valence-electron chi connectivity index (χ0n) is 15.9. The Morgan fingerprint density at radius 3 is 2.61 bits per heavy atom. The lowest BCUT2D eigenvalue weighted by molar-refractivity contribution is -0.152. The van der Waals surface area contributed by atoms with Gasteiger partial charge in [0.05, 0.1) is 7.11 Å². The number of aromatic nitrogens is 2. The second-order valence-corrected chi connectivity index (χ2v) is 7.49. The molecule has 8 heteroatoms. The average molecular weight is 406 g/mol. The zero-order chi connectivity index (χ0) is 20.0. The van der Waals surface area contributed by atoms with Gasteiger partial charge in [-0.15, -0.1) is 0 Å². The summed E-state index contributed by atoms with van der Waals surface area (Å²) < 4.78 is 10.2. The Labute approximate surface area is 168 Å². The van der Waals surface area contributed by atoms with Crippen molar-refractivity contribution in [2.45, 2.75) is 56.9 Å². The lowest BCUT2D eigenvalue weighted by atomic mass is 9.81. The van der Waals surface area contributed by atoms with E-state index in [1.165, 1.54) is 7.11 Å². The molecule has 28 heavy (non-hydrogen) atoms. The quantitative estimate of drug-likeness (QED) is 0.705. The zero-order valence-corrected chi connectivity index (χ0v) is 16.6. The Kier molecular flexibility index (Phi) is 6.67. The van der Waals surface area contributed by atoms with E-state index in [0.717, 1.165) is 24.8 Å². The molecule has 1 heterocycles. The van der Waals surface area contributed by atoms with Crippen LogP contribution in [-0.2, 0) is 20.7 Å². The highest BCUT2D eigenvalue weighted by Crippen LogP contribution is 2.29. The molecule has 1 aliphatic carbocycles. The van der Waals surface area contributed by atoms with Gasteiger partial charge < -0.3 is 14.6 Å². The smallest absolute Gasteiger partial charge is 0.331 e. The van der Waals surface area contributed by atoms with Gasteiger partial charge in [0.1, 0.15) is 5.54 Å². The summed E-state index contributed by atoms with van der Waals surface area (Å²) in [4.78, 5) is 28.9. The van der Waals surface area contributed by atoms with Crippen molar-refractivity contribution in [2.75, 3.05) is 7.11 Å². The van der Waals surface area contributed by atoms with Crippen molar-refractivity contribution in [3.05, 3.63) is 35.2 Å². The molecule has 1 aromatic heterocycles. The SMILES string of the molecule is COC(=O)C1(NC(=O)CCCc2nc(-c3ccc(Cl)cc3)no2)CCCCC1. The second-order valence-electron chi connectivity index (χ2n) is 7.05. The van der Waals surface area contributed by atoms with Gasteiger partial charge in [0.2, 0.25) is 17.6 Å². The predicted molar refractivity (Wildman–Crippen MR) is 104 cm³/mol. The highest BCUT2D eigenvalue weighted by molar-refractivity contribution is 6.30. The number of ether oxygens (including phenoxy) is 1. The van der Waals surface area contributed by atoms with Crippen LogP contribution in [0.5, 0.6) is 0 Å². The molecular weight excluding hydrogens is 382 g/mol. The molecule has 0 bridgehead atoms. The molecule has 1 saturated carbocycles. The molecule has 150 valence electrons. The third-order valence-corrected chi connectivity index (χ3v) is 5.28. The molecule has 1 N–H and O–H groups in total. The van der Waals surface area contributed by atoms with Gasteiger partial charge in [-0.05, 0) is 43.5 Å². The fourth-order valence-corrected chi connectivity index (χ4v) is 3.66. The summed E-state index contributed by atoms with van der Waals surface area (Å²) in [6.07, 6.45) is 5.44. The molecular formula is C20H24ClN3O4. The van der Waals surface area contributed by atoms with Gasteiger partial charge in [0.25, 0.3) is 0 Å². The first-order valence-electron chi connectivity index (χ1n) is 9.50. The number of hydrogen-bond acceptors (Lipinski definition) is 6. The summed E-state index contributed by atoms with van der Waals surface area (Å²) in [7, 11) is 1.36. The molecule has 0 spiro atoms. The number of carbonyl (C=O) groups excluding carboxylic acids is 2. The Morgan fingerprint density at radius 1 is 1.21 bits per heavy atom. The van der Waals surface area contributed by atoms with Crippen LogP contribution in [0, 0.1) is 0 Å². The Balaban J connectivity index is 1.51. The van der Waals surface area contributed by atoms with Gasteiger partial charge in [-0.3, -0.25) is 4.79 Å². The van der Waals surface area contributed by atoms with Gasteiger partial charge in [-0.25, -0.2) is 4.79 Å². The molecule has 0 saturated heterocycles. The van der Waals surface area contributed by atoms with Crippen LogP contribution in [0.15, 0.2) is 28.8 Å². The van der Waals surface area contributed by atoms with Gasteiger partial charge in [0.15, 0.2) is 0 Å². The molecule has 7 nitrogen and oxygen atoms in total. The number of carbonyl (C=O) groups is 2. The van der Waals surface area contributed by atoms with Crippen molar-refractivity contribution in [3.63, 3.8) is 0 Å². The molecule has 0 atom stereocenters. The van der Waals surface area contributed by atoms with Crippen LogP contribution in [-0.4, -0.2) is 34.7 Å². The lowest BCUT2D eigenvalue weighted by Gasteiger charge is -2.35. The summed E-state index contributed by atoms with van der Waals surface area (Å²) in [5.74, 6) is 0.441. The number of rotatable bonds is 7. The number of amides is 1. The van der Waals surface area contributed by atoms with Crippen LogP contribution >= 0.6 is 11.6 Å². The summed E-state index contributed by atoms with van der Waals surface area (Å²) in [6, 6.07) is 7.17. The standard InChI is InChI=1S/C20H24ClN3O4/c1-27-19(26)20(12-3-2-4-13-20)23-16(25)6-5-7-17-22-18(24-28-17)14-8-10-15(21)11-9-14/h8-11H,2-7,12-13H2,1H3,(H,23,25). The number of aryl methyl sites for hydroxylation is 1. The summed E-state index contributed by atoms with van der Waals surface area (Å²) >= 11 is 5.88. The van der Waals surface area contributed by atoms with Crippen LogP contribution in [0.25, 0.3) is 11.4 Å². The van der Waals surface area contributed by atoms with E-state index >= 15 is 0 Å². The third-order valence-electron chi connectivity index (χ3n) is 5.03. The lowest BCUT2D eigenvalue weighted by Crippen LogP contribution is -2.56. The molecule has 1 amide bonds. The van der Waals surface area contributed by atoms with Crippen molar-refractivity contribution in [2.24, 2.45) is 0 Å². The summed E-state index contributed by atoms with van der Waals surface area (Å²) in [6.45, 7) is 0. The Bertz CT molecular complexity index is 813. The largest absolute Gasteiger partial charge is 0.467 e. The molecule has 2 aromatic rings.